The van der Waals surface area contributed by atoms with Gasteiger partial charge < -0.3 is 10.4 Å². The molecule has 0 saturated heterocycles. The highest BCUT2D eigenvalue weighted by molar-refractivity contribution is 8.00. The van der Waals surface area contributed by atoms with Gasteiger partial charge in [-0.2, -0.15) is 22.0 Å². The Morgan fingerprint density at radius 2 is 1.90 bits per heavy atom. The zero-order valence-corrected chi connectivity index (χ0v) is 21.7. The van der Waals surface area contributed by atoms with Crippen molar-refractivity contribution in [2.24, 2.45) is 0 Å². The molecule has 0 unspecified atom stereocenters. The minimum atomic E-state index is -5.89. The number of aromatic nitrogens is 5. The summed E-state index contributed by atoms with van der Waals surface area (Å²) in [5.74, 6) is -3.21. The van der Waals surface area contributed by atoms with Crippen molar-refractivity contribution in [3.8, 4) is 0 Å². The summed E-state index contributed by atoms with van der Waals surface area (Å²) in [4.78, 5) is 32.5. The number of halogens is 6. The van der Waals surface area contributed by atoms with Gasteiger partial charge in [-0.3, -0.25) is 4.79 Å². The Bertz CT molecular complexity index is 1390. The van der Waals surface area contributed by atoms with E-state index in [1.165, 1.54) is 16.8 Å². The molecule has 3 rings (SSSR count). The predicted octanol–water partition coefficient (Wildman–Crippen LogP) is 4.56. The first-order valence-electron chi connectivity index (χ1n) is 10.4. The second-order valence-corrected chi connectivity index (χ2v) is 10.3. The van der Waals surface area contributed by atoms with Crippen molar-refractivity contribution in [3.63, 3.8) is 0 Å². The number of aliphatic hydroxyl groups excluding tert-OH is 1. The van der Waals surface area contributed by atoms with Gasteiger partial charge in [-0.15, -0.1) is 5.10 Å². The third kappa shape index (κ3) is 6.77. The fourth-order valence-electron chi connectivity index (χ4n) is 2.74. The summed E-state index contributed by atoms with van der Waals surface area (Å²) in [6, 6.07) is 4.08. The lowest BCUT2D eigenvalue weighted by Gasteiger charge is -2.22. The standard InChI is InChI=1S/C20H17F6N7O4S2/c1-18(2,9-34)32-17(29-30-31-32)38-14-5-4-10(33(36)37-3)6-12(14)16(35)28-15-13(21)7-11(8-27-15)39-20(25,26)19(22,23)24/h4-8,34H,9H2,1-3H3/p+1. The average molecular weight is 599 g/mol. The van der Waals surface area contributed by atoms with Crippen molar-refractivity contribution in [2.75, 3.05) is 19.0 Å². The molecule has 210 valence electrons. The lowest BCUT2D eigenvalue weighted by Crippen LogP contribution is -2.32. The van der Waals surface area contributed by atoms with E-state index >= 15 is 0 Å². The number of pyridine rings is 1. The second kappa shape index (κ2) is 11.3. The number of amides is 1. The molecule has 0 bridgehead atoms. The summed E-state index contributed by atoms with van der Waals surface area (Å²) in [6.07, 6.45) is -5.35. The minimum absolute atomic E-state index is 0.0792. The number of rotatable bonds is 10. The Balaban J connectivity index is 1.94. The number of hydrogen-bond acceptors (Lipinski definition) is 10. The normalized spacial score (nSPS) is 12.4. The van der Waals surface area contributed by atoms with Gasteiger partial charge in [0.2, 0.25) is 5.16 Å². The number of nitrogens with one attached hydrogen (secondary N) is 1. The summed E-state index contributed by atoms with van der Waals surface area (Å²) >= 11 is -0.104. The molecule has 0 aliphatic rings. The topological polar surface area (TPSA) is 135 Å². The van der Waals surface area contributed by atoms with Gasteiger partial charge in [0, 0.05) is 28.1 Å². The van der Waals surface area contributed by atoms with Crippen LogP contribution in [0.1, 0.15) is 24.2 Å². The number of thioether (sulfide) groups is 1. The smallest absolute Gasteiger partial charge is 0.394 e. The Morgan fingerprint density at radius 3 is 2.49 bits per heavy atom. The molecule has 2 heterocycles. The Hall–Kier alpha value is -3.45. The molecule has 0 aliphatic heterocycles. The van der Waals surface area contributed by atoms with Crippen molar-refractivity contribution in [1.29, 1.82) is 0 Å². The zero-order valence-electron chi connectivity index (χ0n) is 20.0. The Morgan fingerprint density at radius 1 is 1.21 bits per heavy atom. The number of carbonyl (C=O) groups excluding carboxylic acids is 1. The first-order chi connectivity index (χ1) is 18.1. The van der Waals surface area contributed by atoms with Gasteiger partial charge in [-0.05, 0) is 59.9 Å². The fourth-order valence-corrected chi connectivity index (χ4v) is 4.46. The molecule has 1 aromatic carbocycles. The molecule has 19 heteroatoms. The average Bonchev–Trinajstić information content (AvgIpc) is 3.33. The molecule has 39 heavy (non-hydrogen) atoms. The van der Waals surface area contributed by atoms with Crippen LogP contribution in [-0.2, 0) is 10.4 Å². The van der Waals surface area contributed by atoms with Crippen LogP contribution in [0.4, 0.5) is 37.8 Å². The Kier molecular flexibility index (Phi) is 8.75. The van der Waals surface area contributed by atoms with Crippen LogP contribution in [-0.4, -0.2) is 66.3 Å². The molecule has 0 spiro atoms. The highest BCUT2D eigenvalue weighted by Crippen LogP contribution is 2.47. The van der Waals surface area contributed by atoms with Gasteiger partial charge in [0.1, 0.15) is 0 Å². The second-order valence-electron chi connectivity index (χ2n) is 8.14. The van der Waals surface area contributed by atoms with Gasteiger partial charge in [0.25, 0.3) is 10.8 Å². The maximum atomic E-state index is 14.5. The number of nitrogens with zero attached hydrogens (tertiary/aromatic N) is 6. The minimum Gasteiger partial charge on any atom is -0.394 e. The van der Waals surface area contributed by atoms with E-state index in [-0.39, 0.29) is 32.8 Å². The lowest BCUT2D eigenvalue weighted by molar-refractivity contribution is -0.736. The van der Waals surface area contributed by atoms with E-state index in [2.05, 4.69) is 30.7 Å². The third-order valence-corrected chi connectivity index (χ3v) is 6.77. The number of tetrazole rings is 1. The first kappa shape index (κ1) is 30.1. The molecule has 2 aromatic heterocycles. The van der Waals surface area contributed by atoms with Crippen molar-refractivity contribution < 1.29 is 46.0 Å². The molecule has 3 aromatic rings. The van der Waals surface area contributed by atoms with E-state index in [1.807, 2.05) is 0 Å². The Labute approximate surface area is 223 Å². The summed E-state index contributed by atoms with van der Waals surface area (Å²) in [6.45, 7) is 2.93. The van der Waals surface area contributed by atoms with Crippen molar-refractivity contribution in [3.05, 3.63) is 46.8 Å². The van der Waals surface area contributed by atoms with Crippen LogP contribution in [0.5, 0.6) is 0 Å². The molecule has 2 N–H and O–H groups in total. The van der Waals surface area contributed by atoms with Crippen molar-refractivity contribution in [2.45, 2.75) is 45.8 Å². The number of alkyl halides is 5. The highest BCUT2D eigenvalue weighted by Gasteiger charge is 2.58. The van der Waals surface area contributed by atoms with E-state index < -0.39 is 51.2 Å². The van der Waals surface area contributed by atoms with Crippen LogP contribution >= 0.6 is 23.5 Å². The molecule has 0 fully saturated rings. The fraction of sp³-hybridized carbons (Fsp3) is 0.350. The number of hydrogen-bond donors (Lipinski definition) is 2. The highest BCUT2D eigenvalue weighted by atomic mass is 32.2. The lowest BCUT2D eigenvalue weighted by atomic mass is 10.1. The van der Waals surface area contributed by atoms with Gasteiger partial charge in [-0.25, -0.2) is 18.9 Å². The molecule has 0 atom stereocenters. The van der Waals surface area contributed by atoms with E-state index in [0.717, 1.165) is 24.9 Å². The molecule has 11 nitrogen and oxygen atoms in total. The monoisotopic (exact) mass is 598 g/mol. The first-order valence-corrected chi connectivity index (χ1v) is 12.1. The summed E-state index contributed by atoms with van der Waals surface area (Å²) in [5.41, 5.74) is -1.31. The van der Waals surface area contributed by atoms with Crippen LogP contribution in [0.15, 0.2) is 45.4 Å². The molecule has 0 radical (unpaired) electrons. The van der Waals surface area contributed by atoms with Crippen LogP contribution < -0.4 is 5.32 Å². The third-order valence-electron chi connectivity index (χ3n) is 4.81. The van der Waals surface area contributed by atoms with E-state index in [9.17, 15) is 41.2 Å². The van der Waals surface area contributed by atoms with Crippen molar-refractivity contribution >= 4 is 40.9 Å². The summed E-state index contributed by atoms with van der Waals surface area (Å²) in [5, 5.41) is 17.9. The van der Waals surface area contributed by atoms with Crippen LogP contribution in [0.3, 0.4) is 0 Å². The molecule has 0 saturated carbocycles. The van der Waals surface area contributed by atoms with Gasteiger partial charge in [0.05, 0.1) is 22.6 Å². The van der Waals surface area contributed by atoms with Crippen LogP contribution in [0.2, 0.25) is 0 Å². The summed E-state index contributed by atoms with van der Waals surface area (Å²) in [7, 11) is 1.07. The SMILES string of the molecule is CO[N+](=O)c1ccc(Sc2nnnn2C(C)(C)CO)c(C(=O)Nc2ncc(SC(F)(F)C(F)(F)F)cc2F)c1. The maximum Gasteiger partial charge on any atom is 0.464 e. The van der Waals surface area contributed by atoms with Crippen LogP contribution in [0, 0.1) is 10.7 Å². The van der Waals surface area contributed by atoms with Gasteiger partial charge in [0.15, 0.2) is 18.7 Å². The van der Waals surface area contributed by atoms with Gasteiger partial charge >= 0.3 is 17.1 Å². The number of benzene rings is 1. The zero-order chi connectivity index (χ0) is 29.2. The summed E-state index contributed by atoms with van der Waals surface area (Å²) < 4.78 is 79.7. The molecular weight excluding hydrogens is 580 g/mol. The van der Waals surface area contributed by atoms with Crippen LogP contribution in [0.25, 0.3) is 0 Å². The van der Waals surface area contributed by atoms with Crippen molar-refractivity contribution in [1.82, 2.24) is 25.2 Å². The van der Waals surface area contributed by atoms with Gasteiger partial charge in [-0.1, -0.05) is 0 Å². The number of carbonyl (C=O) groups is 1. The van der Waals surface area contributed by atoms with E-state index in [1.54, 1.807) is 13.8 Å². The quantitative estimate of drug-likeness (QED) is 0.194. The molecule has 0 aliphatic carbocycles. The van der Waals surface area contributed by atoms with E-state index in [4.69, 9.17) is 0 Å². The van der Waals surface area contributed by atoms with E-state index in [0.29, 0.717) is 12.3 Å². The number of anilines is 1. The predicted molar refractivity (Wildman–Crippen MR) is 124 cm³/mol. The largest absolute Gasteiger partial charge is 0.464 e. The molecular formula is C20H18F6N7O4S2+. The number of aliphatic hydroxyl groups is 1. The maximum absolute atomic E-state index is 14.5. The molecule has 1 amide bonds.